The highest BCUT2D eigenvalue weighted by Gasteiger charge is 2.32. The second-order valence-corrected chi connectivity index (χ2v) is 6.64. The molecule has 2 amide bonds. The van der Waals surface area contributed by atoms with E-state index < -0.39 is 29.9 Å². The van der Waals surface area contributed by atoms with Crippen molar-refractivity contribution in [1.82, 2.24) is 10.6 Å². The van der Waals surface area contributed by atoms with Gasteiger partial charge in [-0.15, -0.1) is 0 Å². The molecular weight excluding hydrogens is 312 g/mol. The van der Waals surface area contributed by atoms with Gasteiger partial charge in [0.1, 0.15) is 18.3 Å². The van der Waals surface area contributed by atoms with Crippen LogP contribution >= 0.6 is 0 Å². The minimum atomic E-state index is -1.14. The minimum Gasteiger partial charge on any atom is -0.508 e. The molecule has 0 fully saturated rings. The fourth-order valence-electron chi connectivity index (χ4n) is 2.09. The van der Waals surface area contributed by atoms with Gasteiger partial charge in [0, 0.05) is 6.42 Å². The summed E-state index contributed by atoms with van der Waals surface area (Å²) in [6.07, 6.45) is 0.656. The fourth-order valence-corrected chi connectivity index (χ4v) is 2.09. The number of carboxylic acid groups (broad SMARTS) is 1. The van der Waals surface area contributed by atoms with E-state index in [9.17, 15) is 19.5 Å². The molecule has 0 spiro atoms. The molecule has 1 aromatic rings. The van der Waals surface area contributed by atoms with Crippen LogP contribution in [0, 0.1) is 5.41 Å². The summed E-state index contributed by atoms with van der Waals surface area (Å²) in [5.41, 5.74) is 0.335. The SMILES string of the molecule is CC(C)(C)C(NC(=O)CCc1ccc(O)cc1)C(=O)NCC(=O)O. The van der Waals surface area contributed by atoms with Gasteiger partial charge in [-0.1, -0.05) is 32.9 Å². The Morgan fingerprint density at radius 2 is 1.71 bits per heavy atom. The van der Waals surface area contributed by atoms with Crippen LogP contribution in [0.2, 0.25) is 0 Å². The zero-order chi connectivity index (χ0) is 18.3. The van der Waals surface area contributed by atoms with Gasteiger partial charge in [-0.25, -0.2) is 0 Å². The van der Waals surface area contributed by atoms with E-state index in [1.165, 1.54) is 0 Å². The van der Waals surface area contributed by atoms with Crippen molar-refractivity contribution >= 4 is 17.8 Å². The number of carboxylic acids is 1. The number of rotatable bonds is 7. The van der Waals surface area contributed by atoms with Crippen LogP contribution in [0.25, 0.3) is 0 Å². The summed E-state index contributed by atoms with van der Waals surface area (Å²) < 4.78 is 0. The molecule has 0 saturated carbocycles. The number of phenols is 1. The summed E-state index contributed by atoms with van der Waals surface area (Å²) in [7, 11) is 0. The van der Waals surface area contributed by atoms with E-state index in [1.54, 1.807) is 45.0 Å². The highest BCUT2D eigenvalue weighted by atomic mass is 16.4. The Labute approximate surface area is 141 Å². The number of aliphatic carboxylic acids is 1. The molecule has 0 radical (unpaired) electrons. The number of nitrogens with one attached hydrogen (secondary N) is 2. The first kappa shape index (κ1) is 19.5. The van der Waals surface area contributed by atoms with Gasteiger partial charge in [0.2, 0.25) is 11.8 Å². The Hall–Kier alpha value is -2.57. The maximum absolute atomic E-state index is 12.1. The molecule has 1 rings (SSSR count). The number of carbonyl (C=O) groups excluding carboxylic acids is 2. The van der Waals surface area contributed by atoms with E-state index >= 15 is 0 Å². The van der Waals surface area contributed by atoms with Crippen molar-refractivity contribution < 1.29 is 24.6 Å². The van der Waals surface area contributed by atoms with E-state index in [1.807, 2.05) is 0 Å². The first-order chi connectivity index (χ1) is 11.1. The third-order valence-electron chi connectivity index (χ3n) is 3.42. The largest absolute Gasteiger partial charge is 0.508 e. The van der Waals surface area contributed by atoms with Crippen molar-refractivity contribution in [3.05, 3.63) is 29.8 Å². The van der Waals surface area contributed by atoms with E-state index in [0.29, 0.717) is 6.42 Å². The lowest BCUT2D eigenvalue weighted by atomic mass is 9.86. The Morgan fingerprint density at radius 1 is 1.12 bits per heavy atom. The molecule has 0 saturated heterocycles. The molecule has 7 heteroatoms. The van der Waals surface area contributed by atoms with Crippen molar-refractivity contribution in [2.24, 2.45) is 5.41 Å². The van der Waals surface area contributed by atoms with Crippen LogP contribution in [0.5, 0.6) is 5.75 Å². The van der Waals surface area contributed by atoms with E-state index in [2.05, 4.69) is 10.6 Å². The van der Waals surface area contributed by atoms with Gasteiger partial charge in [0.25, 0.3) is 0 Å². The second-order valence-electron chi connectivity index (χ2n) is 6.64. The molecular formula is C17H24N2O5. The highest BCUT2D eigenvalue weighted by Crippen LogP contribution is 2.20. The van der Waals surface area contributed by atoms with Crippen molar-refractivity contribution in [3.63, 3.8) is 0 Å². The van der Waals surface area contributed by atoms with Crippen molar-refractivity contribution in [3.8, 4) is 5.75 Å². The van der Waals surface area contributed by atoms with Crippen LogP contribution in [0.15, 0.2) is 24.3 Å². The number of hydrogen-bond donors (Lipinski definition) is 4. The molecule has 0 aromatic heterocycles. The molecule has 1 unspecified atom stereocenters. The quantitative estimate of drug-likeness (QED) is 0.594. The number of aromatic hydroxyl groups is 1. The van der Waals surface area contributed by atoms with Gasteiger partial charge in [-0.05, 0) is 29.5 Å². The zero-order valence-corrected chi connectivity index (χ0v) is 14.1. The molecule has 0 heterocycles. The topological polar surface area (TPSA) is 116 Å². The van der Waals surface area contributed by atoms with Gasteiger partial charge in [0.05, 0.1) is 0 Å². The van der Waals surface area contributed by atoms with Gasteiger partial charge in [-0.2, -0.15) is 0 Å². The molecule has 0 aliphatic rings. The molecule has 0 bridgehead atoms. The lowest BCUT2D eigenvalue weighted by molar-refractivity contribution is -0.139. The summed E-state index contributed by atoms with van der Waals surface area (Å²) in [5, 5.41) is 22.8. The predicted octanol–water partition coefficient (Wildman–Crippen LogP) is 1.06. The molecule has 1 atom stereocenters. The smallest absolute Gasteiger partial charge is 0.322 e. The van der Waals surface area contributed by atoms with E-state index in [0.717, 1.165) is 5.56 Å². The average molecular weight is 336 g/mol. The highest BCUT2D eigenvalue weighted by molar-refractivity contribution is 5.90. The van der Waals surface area contributed by atoms with Gasteiger partial charge in [0.15, 0.2) is 0 Å². The monoisotopic (exact) mass is 336 g/mol. The predicted molar refractivity (Wildman–Crippen MR) is 88.5 cm³/mol. The minimum absolute atomic E-state index is 0.158. The van der Waals surface area contributed by atoms with Gasteiger partial charge >= 0.3 is 5.97 Å². The molecule has 0 aliphatic carbocycles. The van der Waals surface area contributed by atoms with Crippen molar-refractivity contribution in [2.75, 3.05) is 6.54 Å². The lowest BCUT2D eigenvalue weighted by Gasteiger charge is -2.30. The van der Waals surface area contributed by atoms with Crippen LogP contribution in [-0.4, -0.2) is 40.6 Å². The normalized spacial score (nSPS) is 12.3. The third kappa shape index (κ3) is 6.68. The summed E-state index contributed by atoms with van der Waals surface area (Å²) in [6.45, 7) is 4.88. The number of aryl methyl sites for hydroxylation is 1. The Morgan fingerprint density at radius 3 is 2.21 bits per heavy atom. The molecule has 4 N–H and O–H groups in total. The average Bonchev–Trinajstić information content (AvgIpc) is 2.48. The molecule has 24 heavy (non-hydrogen) atoms. The summed E-state index contributed by atoms with van der Waals surface area (Å²) >= 11 is 0. The fraction of sp³-hybridized carbons (Fsp3) is 0.471. The maximum Gasteiger partial charge on any atom is 0.322 e. The van der Waals surface area contributed by atoms with Gasteiger partial charge < -0.3 is 20.8 Å². The number of hydrogen-bond acceptors (Lipinski definition) is 4. The summed E-state index contributed by atoms with van der Waals surface area (Å²) in [4.78, 5) is 34.8. The second kappa shape index (κ2) is 8.33. The van der Waals surface area contributed by atoms with Crippen LogP contribution in [0.4, 0.5) is 0 Å². The number of benzene rings is 1. The number of carbonyl (C=O) groups is 3. The lowest BCUT2D eigenvalue weighted by Crippen LogP contribution is -2.54. The summed E-state index contributed by atoms with van der Waals surface area (Å²) in [5.74, 6) is -1.81. The first-order valence-electron chi connectivity index (χ1n) is 7.66. The zero-order valence-electron chi connectivity index (χ0n) is 14.1. The van der Waals surface area contributed by atoms with Gasteiger partial charge in [-0.3, -0.25) is 14.4 Å². The number of amides is 2. The van der Waals surface area contributed by atoms with Crippen LogP contribution in [0.3, 0.4) is 0 Å². The molecule has 7 nitrogen and oxygen atoms in total. The molecule has 132 valence electrons. The van der Waals surface area contributed by atoms with Crippen LogP contribution < -0.4 is 10.6 Å². The Bertz CT molecular complexity index is 590. The summed E-state index contributed by atoms with van der Waals surface area (Å²) in [6, 6.07) is 5.71. The van der Waals surface area contributed by atoms with Crippen LogP contribution in [-0.2, 0) is 20.8 Å². The Balaban J connectivity index is 2.62. The Kier molecular flexibility index (Phi) is 6.76. The molecule has 1 aromatic carbocycles. The van der Waals surface area contributed by atoms with E-state index in [-0.39, 0.29) is 18.1 Å². The number of phenolic OH excluding ortho intramolecular Hbond substituents is 1. The maximum atomic E-state index is 12.1. The van der Waals surface area contributed by atoms with Crippen molar-refractivity contribution in [2.45, 2.75) is 39.7 Å². The first-order valence-corrected chi connectivity index (χ1v) is 7.66. The third-order valence-corrected chi connectivity index (χ3v) is 3.42. The molecule has 0 aliphatic heterocycles. The standard InChI is InChI=1S/C17H24N2O5/c1-17(2,3)15(16(24)18-10-14(22)23)19-13(21)9-6-11-4-7-12(20)8-5-11/h4-5,7-8,15,20H,6,9-10H2,1-3H3,(H,18,24)(H,19,21)(H,22,23). The van der Waals surface area contributed by atoms with Crippen molar-refractivity contribution in [1.29, 1.82) is 0 Å². The van der Waals surface area contributed by atoms with Crippen LogP contribution in [0.1, 0.15) is 32.8 Å². The van der Waals surface area contributed by atoms with E-state index in [4.69, 9.17) is 5.11 Å².